The van der Waals surface area contributed by atoms with Gasteiger partial charge in [-0.2, -0.15) is 0 Å². The number of hydrogen-bond acceptors (Lipinski definition) is 4. The van der Waals surface area contributed by atoms with Gasteiger partial charge in [-0.25, -0.2) is 4.79 Å². The number of halogens is 1. The van der Waals surface area contributed by atoms with Crippen LogP contribution in [0.2, 0.25) is 0 Å². The normalized spacial score (nSPS) is 25.3. The quantitative estimate of drug-likeness (QED) is 0.661. The number of likely N-dealkylation sites (tertiary alicyclic amines) is 1. The van der Waals surface area contributed by atoms with Crippen molar-refractivity contribution in [3.8, 4) is 11.8 Å². The summed E-state index contributed by atoms with van der Waals surface area (Å²) >= 11 is 0. The number of carbonyl (C=O) groups excluding carboxylic acids is 2. The molecule has 0 spiro atoms. The van der Waals surface area contributed by atoms with Crippen molar-refractivity contribution >= 4 is 30.2 Å². The summed E-state index contributed by atoms with van der Waals surface area (Å²) < 4.78 is 0. The van der Waals surface area contributed by atoms with Crippen LogP contribution in [0.1, 0.15) is 44.9 Å². The van der Waals surface area contributed by atoms with Crippen LogP contribution in [0.5, 0.6) is 0 Å². The molecule has 2 atom stereocenters. The van der Waals surface area contributed by atoms with Crippen molar-refractivity contribution in [2.24, 2.45) is 11.8 Å². The number of carboxylic acid groups (broad SMARTS) is 1. The molecular formula is C20H30ClN3O4. The first-order chi connectivity index (χ1) is 13.1. The summed E-state index contributed by atoms with van der Waals surface area (Å²) in [7, 11) is 0. The Morgan fingerprint density at radius 3 is 2.57 bits per heavy atom. The third-order valence-electron chi connectivity index (χ3n) is 5.89. The molecule has 3 aliphatic heterocycles. The van der Waals surface area contributed by atoms with Gasteiger partial charge in [0.2, 0.25) is 11.8 Å². The van der Waals surface area contributed by atoms with Gasteiger partial charge in [0.25, 0.3) is 0 Å². The summed E-state index contributed by atoms with van der Waals surface area (Å²) in [6, 6.07) is -1.06. The molecule has 156 valence electrons. The maximum Gasteiger partial charge on any atom is 0.339 e. The molecule has 28 heavy (non-hydrogen) atoms. The van der Waals surface area contributed by atoms with Crippen LogP contribution in [0.3, 0.4) is 0 Å². The number of nitrogens with zero attached hydrogens (tertiary/aromatic N) is 2. The standard InChI is InChI=1S/C20H29N3O4.ClH/c24-18(7-6-15-8-10-21-11-9-15)22-12-3-4-16(14-22)19(25)23-13-2-1-5-17(23)20(26)27;/h15-17,21H,2-4,6-14H2,(H,26,27);1H/t16-,17?;/m1./s1. The van der Waals surface area contributed by atoms with E-state index in [4.69, 9.17) is 0 Å². The van der Waals surface area contributed by atoms with Crippen molar-refractivity contribution in [1.82, 2.24) is 15.1 Å². The number of hydrogen-bond donors (Lipinski definition) is 2. The van der Waals surface area contributed by atoms with Crippen LogP contribution in [-0.2, 0) is 14.4 Å². The molecule has 2 N–H and O–H groups in total. The first-order valence-corrected chi connectivity index (χ1v) is 10.1. The van der Waals surface area contributed by atoms with Crippen LogP contribution in [-0.4, -0.2) is 71.5 Å². The molecule has 3 heterocycles. The lowest BCUT2D eigenvalue weighted by Crippen LogP contribution is -2.52. The lowest BCUT2D eigenvalue weighted by molar-refractivity contribution is -0.151. The molecule has 0 aromatic heterocycles. The minimum absolute atomic E-state index is 0. The van der Waals surface area contributed by atoms with Crippen LogP contribution >= 0.6 is 12.4 Å². The molecule has 8 heteroatoms. The highest BCUT2D eigenvalue weighted by atomic mass is 35.5. The molecule has 0 saturated carbocycles. The lowest BCUT2D eigenvalue weighted by atomic mass is 9.92. The maximum atomic E-state index is 12.9. The number of nitrogens with one attached hydrogen (secondary N) is 1. The van der Waals surface area contributed by atoms with Crippen molar-refractivity contribution in [3.05, 3.63) is 0 Å². The SMILES string of the molecule is Cl.O=C(O)C1C#CCCN1C(=O)[C@@H]1CCCN(C(=O)CCC2CCNCC2)C1. The summed E-state index contributed by atoms with van der Waals surface area (Å²) in [5.74, 6) is 4.60. The van der Waals surface area contributed by atoms with E-state index >= 15 is 0 Å². The minimum Gasteiger partial charge on any atom is -0.479 e. The topological polar surface area (TPSA) is 90.0 Å². The second-order valence-corrected chi connectivity index (χ2v) is 7.75. The Labute approximate surface area is 172 Å². The maximum absolute atomic E-state index is 12.9. The Bertz CT molecular complexity index is 639. The zero-order valence-electron chi connectivity index (χ0n) is 16.2. The summed E-state index contributed by atoms with van der Waals surface area (Å²) in [6.45, 7) is 3.51. The van der Waals surface area contributed by atoms with Crippen LogP contribution in [0, 0.1) is 23.7 Å². The Balaban J connectivity index is 0.00000280. The highest BCUT2D eigenvalue weighted by molar-refractivity contribution is 5.88. The summed E-state index contributed by atoms with van der Waals surface area (Å²) in [5.41, 5.74) is 0. The van der Waals surface area contributed by atoms with Crippen LogP contribution < -0.4 is 5.32 Å². The van der Waals surface area contributed by atoms with Crippen molar-refractivity contribution in [1.29, 1.82) is 0 Å². The van der Waals surface area contributed by atoms with Gasteiger partial charge in [0.05, 0.1) is 5.92 Å². The van der Waals surface area contributed by atoms with Crippen LogP contribution in [0.25, 0.3) is 0 Å². The molecule has 1 unspecified atom stereocenters. The van der Waals surface area contributed by atoms with Gasteiger partial charge in [-0.1, -0.05) is 11.8 Å². The Kier molecular flexibility index (Phi) is 8.58. The predicted molar refractivity (Wildman–Crippen MR) is 107 cm³/mol. The Morgan fingerprint density at radius 2 is 1.86 bits per heavy atom. The van der Waals surface area contributed by atoms with Gasteiger partial charge in [0.1, 0.15) is 0 Å². The minimum atomic E-state index is -1.08. The number of piperidine rings is 2. The van der Waals surface area contributed by atoms with E-state index in [-0.39, 0.29) is 30.1 Å². The molecule has 0 aromatic rings. The molecule has 0 bridgehead atoms. The van der Waals surface area contributed by atoms with Gasteiger partial charge in [0, 0.05) is 32.5 Å². The monoisotopic (exact) mass is 411 g/mol. The van der Waals surface area contributed by atoms with Gasteiger partial charge in [0.15, 0.2) is 6.04 Å². The molecule has 0 aromatic carbocycles. The fourth-order valence-corrected chi connectivity index (χ4v) is 4.28. The van der Waals surface area contributed by atoms with E-state index in [1.807, 2.05) is 0 Å². The van der Waals surface area contributed by atoms with Crippen molar-refractivity contribution < 1.29 is 19.5 Å². The van der Waals surface area contributed by atoms with Crippen molar-refractivity contribution in [3.63, 3.8) is 0 Å². The molecule has 3 rings (SSSR count). The number of amides is 2. The average molecular weight is 412 g/mol. The second kappa shape index (κ2) is 10.7. The zero-order valence-corrected chi connectivity index (χ0v) is 17.0. The zero-order chi connectivity index (χ0) is 19.2. The number of rotatable bonds is 5. The van der Waals surface area contributed by atoms with E-state index in [9.17, 15) is 19.5 Å². The predicted octanol–water partition coefficient (Wildman–Crippen LogP) is 1.12. The highest BCUT2D eigenvalue weighted by Gasteiger charge is 2.36. The third-order valence-corrected chi connectivity index (χ3v) is 5.89. The summed E-state index contributed by atoms with van der Waals surface area (Å²) in [6.07, 6.45) is 5.69. The van der Waals surface area contributed by atoms with Gasteiger partial charge in [-0.05, 0) is 51.1 Å². The molecular weight excluding hydrogens is 382 g/mol. The molecule has 2 amide bonds. The fourth-order valence-electron chi connectivity index (χ4n) is 4.28. The molecule has 2 saturated heterocycles. The number of carboxylic acids is 1. The number of carbonyl (C=O) groups is 3. The molecule has 3 aliphatic rings. The Hall–Kier alpha value is -1.78. The van der Waals surface area contributed by atoms with E-state index in [2.05, 4.69) is 17.2 Å². The molecule has 7 nitrogen and oxygen atoms in total. The fraction of sp³-hybridized carbons (Fsp3) is 0.750. The van der Waals surface area contributed by atoms with Crippen molar-refractivity contribution in [2.75, 3.05) is 32.7 Å². The highest BCUT2D eigenvalue weighted by Crippen LogP contribution is 2.23. The summed E-state index contributed by atoms with van der Waals surface area (Å²) in [5, 5.41) is 12.7. The van der Waals surface area contributed by atoms with Crippen molar-refractivity contribution in [2.45, 2.75) is 51.0 Å². The van der Waals surface area contributed by atoms with E-state index in [0.29, 0.717) is 44.8 Å². The van der Waals surface area contributed by atoms with Gasteiger partial charge < -0.3 is 20.2 Å². The average Bonchev–Trinajstić information content (AvgIpc) is 2.72. The molecule has 2 fully saturated rings. The first kappa shape index (κ1) is 22.5. The second-order valence-electron chi connectivity index (χ2n) is 7.75. The van der Waals surface area contributed by atoms with Gasteiger partial charge in [-0.15, -0.1) is 12.4 Å². The van der Waals surface area contributed by atoms with Gasteiger partial charge in [-0.3, -0.25) is 9.59 Å². The smallest absolute Gasteiger partial charge is 0.339 e. The largest absolute Gasteiger partial charge is 0.479 e. The molecule has 0 radical (unpaired) electrons. The molecule has 0 aliphatic carbocycles. The summed E-state index contributed by atoms with van der Waals surface area (Å²) in [4.78, 5) is 40.1. The van der Waals surface area contributed by atoms with Crippen LogP contribution in [0.15, 0.2) is 0 Å². The first-order valence-electron chi connectivity index (χ1n) is 10.1. The number of aliphatic carboxylic acids is 1. The third kappa shape index (κ3) is 5.62. The lowest BCUT2D eigenvalue weighted by Gasteiger charge is -2.36. The van der Waals surface area contributed by atoms with E-state index in [0.717, 1.165) is 38.8 Å². The van der Waals surface area contributed by atoms with E-state index in [1.165, 1.54) is 4.90 Å². The van der Waals surface area contributed by atoms with E-state index in [1.54, 1.807) is 4.90 Å². The Morgan fingerprint density at radius 1 is 1.11 bits per heavy atom. The van der Waals surface area contributed by atoms with Gasteiger partial charge >= 0.3 is 5.97 Å². The van der Waals surface area contributed by atoms with E-state index < -0.39 is 12.0 Å². The van der Waals surface area contributed by atoms with Crippen LogP contribution in [0.4, 0.5) is 0 Å².